The highest BCUT2D eigenvalue weighted by atomic mass is 31.2. The van der Waals surface area contributed by atoms with E-state index in [4.69, 9.17) is 14.3 Å². The van der Waals surface area contributed by atoms with Gasteiger partial charge in [0.15, 0.2) is 0 Å². The molecule has 1 aromatic rings. The molecule has 0 aliphatic heterocycles. The second-order valence-corrected chi connectivity index (χ2v) is 8.05. The summed E-state index contributed by atoms with van der Waals surface area (Å²) in [4.78, 5) is 4.05. The molecule has 1 atom stereocenters. The molecule has 1 rings (SSSR count). The van der Waals surface area contributed by atoms with Gasteiger partial charge >= 0.3 is 0 Å². The number of nitrogens with zero attached hydrogens (tertiary/aromatic N) is 4. The Balaban J connectivity index is 2.27. The maximum Gasteiger partial charge on any atom is 0.259 e. The number of aryl methyl sites for hydroxylation is 1. The first-order chi connectivity index (χ1) is 12.1. The summed E-state index contributed by atoms with van der Waals surface area (Å²) in [7, 11) is -1.10. The van der Waals surface area contributed by atoms with Crippen molar-refractivity contribution in [2.24, 2.45) is 0 Å². The van der Waals surface area contributed by atoms with Gasteiger partial charge in [-0.15, -0.1) is 0 Å². The smallest absolute Gasteiger partial charge is 0.259 e. The van der Waals surface area contributed by atoms with Gasteiger partial charge in [-0.25, -0.2) is 9.65 Å². The van der Waals surface area contributed by atoms with E-state index in [0.717, 1.165) is 25.8 Å². The Labute approximate surface area is 154 Å². The fraction of sp³-hybridized carbons (Fsp3) is 0.778. The molecule has 6 nitrogen and oxygen atoms in total. The molecular formula is C18H33N4O2P. The summed E-state index contributed by atoms with van der Waals surface area (Å²) in [5.74, 6) is 0. The lowest BCUT2D eigenvalue weighted by molar-refractivity contribution is 0.174. The summed E-state index contributed by atoms with van der Waals surface area (Å²) in [5.41, 5.74) is 0. The standard InChI is InChI=1S/C18H33N4O2P/c1-17(2)22(18(3)4)25(24-15-9-10-19)23-14-8-6-5-7-12-21-13-11-20-16-21/h11,13,16-18H,5-9,12,14-15H2,1-4H3. The highest BCUT2D eigenvalue weighted by Gasteiger charge is 2.26. The van der Waals surface area contributed by atoms with Gasteiger partial charge < -0.3 is 13.6 Å². The number of hydrogen-bond donors (Lipinski definition) is 0. The van der Waals surface area contributed by atoms with E-state index >= 15 is 0 Å². The van der Waals surface area contributed by atoms with E-state index < -0.39 is 8.53 Å². The van der Waals surface area contributed by atoms with Gasteiger partial charge in [0.2, 0.25) is 0 Å². The van der Waals surface area contributed by atoms with Gasteiger partial charge in [0.05, 0.1) is 32.0 Å². The van der Waals surface area contributed by atoms with Crippen molar-refractivity contribution in [1.82, 2.24) is 14.2 Å². The Morgan fingerprint density at radius 2 is 1.76 bits per heavy atom. The van der Waals surface area contributed by atoms with E-state index in [0.29, 0.717) is 31.7 Å². The summed E-state index contributed by atoms with van der Waals surface area (Å²) in [6.45, 7) is 10.8. The van der Waals surface area contributed by atoms with Crippen molar-refractivity contribution in [2.75, 3.05) is 13.2 Å². The van der Waals surface area contributed by atoms with Gasteiger partial charge in [0, 0.05) is 31.0 Å². The highest BCUT2D eigenvalue weighted by Crippen LogP contribution is 2.46. The second-order valence-electron chi connectivity index (χ2n) is 6.59. The second kappa shape index (κ2) is 13.2. The lowest BCUT2D eigenvalue weighted by Gasteiger charge is -2.35. The molecule has 0 fully saturated rings. The molecule has 0 aliphatic carbocycles. The molecule has 7 heteroatoms. The van der Waals surface area contributed by atoms with Gasteiger partial charge in [-0.05, 0) is 40.5 Å². The minimum absolute atomic E-state index is 0.350. The van der Waals surface area contributed by atoms with Gasteiger partial charge in [-0.3, -0.25) is 0 Å². The Kier molecular flexibility index (Phi) is 11.7. The minimum Gasteiger partial charge on any atom is -0.337 e. The average Bonchev–Trinajstić information content (AvgIpc) is 3.06. The molecule has 0 N–H and O–H groups in total. The van der Waals surface area contributed by atoms with Crippen LogP contribution in [-0.4, -0.2) is 39.5 Å². The fourth-order valence-corrected chi connectivity index (χ4v) is 4.25. The first-order valence-electron chi connectivity index (χ1n) is 9.23. The van der Waals surface area contributed by atoms with Crippen molar-refractivity contribution in [3.63, 3.8) is 0 Å². The van der Waals surface area contributed by atoms with E-state index in [1.165, 1.54) is 6.42 Å². The Morgan fingerprint density at radius 1 is 1.08 bits per heavy atom. The maximum atomic E-state index is 8.72. The molecule has 1 heterocycles. The molecule has 0 radical (unpaired) electrons. The van der Waals surface area contributed by atoms with Crippen LogP contribution in [0.4, 0.5) is 0 Å². The molecule has 0 aliphatic rings. The van der Waals surface area contributed by atoms with E-state index in [-0.39, 0.29) is 0 Å². The van der Waals surface area contributed by atoms with Crippen LogP contribution >= 0.6 is 8.53 Å². The zero-order valence-electron chi connectivity index (χ0n) is 16.1. The van der Waals surface area contributed by atoms with Gasteiger partial charge in [0.25, 0.3) is 8.53 Å². The number of unbranched alkanes of at least 4 members (excludes halogenated alkanes) is 3. The van der Waals surface area contributed by atoms with Crippen molar-refractivity contribution in [3.05, 3.63) is 18.7 Å². The van der Waals surface area contributed by atoms with Crippen LogP contribution in [-0.2, 0) is 15.6 Å². The minimum atomic E-state index is -1.10. The van der Waals surface area contributed by atoms with Crippen LogP contribution in [0.15, 0.2) is 18.7 Å². The van der Waals surface area contributed by atoms with Gasteiger partial charge in [-0.1, -0.05) is 12.8 Å². The first kappa shape index (κ1) is 22.1. The third kappa shape index (κ3) is 9.32. The summed E-state index contributed by atoms with van der Waals surface area (Å²) in [5, 5.41) is 8.72. The van der Waals surface area contributed by atoms with E-state index in [9.17, 15) is 0 Å². The van der Waals surface area contributed by atoms with Crippen molar-refractivity contribution < 1.29 is 9.05 Å². The zero-order chi connectivity index (χ0) is 18.5. The first-order valence-corrected chi connectivity index (χ1v) is 10.4. The molecule has 0 amide bonds. The molecule has 142 valence electrons. The van der Waals surface area contributed by atoms with Crippen LogP contribution in [0, 0.1) is 11.3 Å². The highest BCUT2D eigenvalue weighted by molar-refractivity contribution is 7.44. The summed E-state index contributed by atoms with van der Waals surface area (Å²) < 4.78 is 16.3. The maximum absolute atomic E-state index is 8.72. The molecule has 0 saturated heterocycles. The van der Waals surface area contributed by atoms with Crippen LogP contribution < -0.4 is 0 Å². The van der Waals surface area contributed by atoms with Crippen molar-refractivity contribution in [1.29, 1.82) is 5.26 Å². The van der Waals surface area contributed by atoms with Crippen LogP contribution in [0.3, 0.4) is 0 Å². The van der Waals surface area contributed by atoms with Crippen LogP contribution in [0.5, 0.6) is 0 Å². The molecular weight excluding hydrogens is 335 g/mol. The number of imidazole rings is 1. The van der Waals surface area contributed by atoms with Gasteiger partial charge in [-0.2, -0.15) is 5.26 Å². The zero-order valence-corrected chi connectivity index (χ0v) is 17.0. The monoisotopic (exact) mass is 368 g/mol. The van der Waals surface area contributed by atoms with E-state index in [1.807, 2.05) is 18.7 Å². The third-order valence-corrected chi connectivity index (χ3v) is 5.84. The lowest BCUT2D eigenvalue weighted by Crippen LogP contribution is -2.33. The molecule has 0 spiro atoms. The number of nitriles is 1. The number of rotatable bonds is 14. The Morgan fingerprint density at radius 3 is 2.36 bits per heavy atom. The van der Waals surface area contributed by atoms with E-state index in [2.05, 4.69) is 48.0 Å². The predicted molar refractivity (Wildman–Crippen MR) is 102 cm³/mol. The SMILES string of the molecule is CC(C)N(C(C)C)P(OCCC#N)OCCCCCCn1ccnc1. The lowest BCUT2D eigenvalue weighted by atomic mass is 10.2. The van der Waals surface area contributed by atoms with Crippen molar-refractivity contribution in [2.45, 2.75) is 78.4 Å². The number of hydrogen-bond acceptors (Lipinski definition) is 5. The molecule has 1 unspecified atom stereocenters. The third-order valence-electron chi connectivity index (χ3n) is 3.73. The van der Waals surface area contributed by atoms with Crippen LogP contribution in [0.25, 0.3) is 0 Å². The van der Waals surface area contributed by atoms with Gasteiger partial charge in [0.1, 0.15) is 0 Å². The normalized spacial score (nSPS) is 12.9. The topological polar surface area (TPSA) is 63.3 Å². The average molecular weight is 368 g/mol. The predicted octanol–water partition coefficient (Wildman–Crippen LogP) is 4.74. The molecule has 0 saturated carbocycles. The summed E-state index contributed by atoms with van der Waals surface area (Å²) in [6, 6.07) is 2.83. The molecule has 0 aromatic carbocycles. The largest absolute Gasteiger partial charge is 0.337 e. The van der Waals surface area contributed by atoms with E-state index in [1.54, 1.807) is 0 Å². The number of aromatic nitrogens is 2. The Hall–Kier alpha value is -0.990. The quantitative estimate of drug-likeness (QED) is 0.351. The summed E-state index contributed by atoms with van der Waals surface area (Å²) >= 11 is 0. The molecule has 25 heavy (non-hydrogen) atoms. The molecule has 0 bridgehead atoms. The van der Waals surface area contributed by atoms with Crippen LogP contribution in [0.2, 0.25) is 0 Å². The summed E-state index contributed by atoms with van der Waals surface area (Å²) in [6.07, 6.45) is 10.6. The van der Waals surface area contributed by atoms with Crippen LogP contribution in [0.1, 0.15) is 59.8 Å². The van der Waals surface area contributed by atoms with Crippen molar-refractivity contribution >= 4 is 8.53 Å². The molecule has 1 aromatic heterocycles. The Bertz CT molecular complexity index is 466. The van der Waals surface area contributed by atoms with Crippen molar-refractivity contribution in [3.8, 4) is 6.07 Å². The fourth-order valence-electron chi connectivity index (χ4n) is 2.63.